The average molecular weight is 267 g/mol. The lowest BCUT2D eigenvalue weighted by Gasteiger charge is -2.43. The molecule has 0 aliphatic carbocycles. The predicted molar refractivity (Wildman–Crippen MR) is 78.0 cm³/mol. The summed E-state index contributed by atoms with van der Waals surface area (Å²) >= 11 is 0. The van der Waals surface area contributed by atoms with E-state index in [0.717, 1.165) is 25.5 Å². The number of nitrogens with zero attached hydrogens (tertiary/aromatic N) is 3. The van der Waals surface area contributed by atoms with Crippen molar-refractivity contribution in [3.05, 3.63) is 58.6 Å². The van der Waals surface area contributed by atoms with Gasteiger partial charge in [0.05, 0.1) is 0 Å². The van der Waals surface area contributed by atoms with Crippen LogP contribution in [0.3, 0.4) is 0 Å². The molecule has 0 aromatic carbocycles. The van der Waals surface area contributed by atoms with Crippen molar-refractivity contribution in [3.63, 3.8) is 0 Å². The van der Waals surface area contributed by atoms with Gasteiger partial charge in [0.15, 0.2) is 0 Å². The Morgan fingerprint density at radius 1 is 1.05 bits per heavy atom. The number of fused-ring (bicyclic) bond motifs is 4. The lowest BCUT2D eigenvalue weighted by molar-refractivity contribution is 0.280. The lowest BCUT2D eigenvalue weighted by atomic mass is 9.83. The monoisotopic (exact) mass is 267 g/mol. The second-order valence-corrected chi connectivity index (χ2v) is 5.79. The third-order valence-electron chi connectivity index (χ3n) is 4.45. The van der Waals surface area contributed by atoms with Gasteiger partial charge in [-0.3, -0.25) is 4.79 Å². The van der Waals surface area contributed by atoms with Gasteiger partial charge in [-0.2, -0.15) is 0 Å². The maximum Gasteiger partial charge on any atom is 0.250 e. The average Bonchev–Trinajstić information content (AvgIpc) is 2.49. The number of hydrogen-bond donors (Lipinski definition) is 0. The number of pyridine rings is 2. The number of anilines is 1. The summed E-state index contributed by atoms with van der Waals surface area (Å²) in [6, 6.07) is 11.7. The van der Waals surface area contributed by atoms with E-state index in [0.29, 0.717) is 11.8 Å². The van der Waals surface area contributed by atoms with E-state index >= 15 is 0 Å². The number of hydrogen-bond acceptors (Lipinski definition) is 3. The third kappa shape index (κ3) is 1.83. The van der Waals surface area contributed by atoms with Crippen molar-refractivity contribution in [2.45, 2.75) is 18.9 Å². The van der Waals surface area contributed by atoms with Crippen LogP contribution in [0.4, 0.5) is 5.82 Å². The normalized spacial score (nSPS) is 24.3. The maximum atomic E-state index is 12.0. The van der Waals surface area contributed by atoms with Gasteiger partial charge in [0, 0.05) is 43.5 Å². The minimum Gasteiger partial charge on any atom is -0.356 e. The maximum absolute atomic E-state index is 12.0. The van der Waals surface area contributed by atoms with Crippen LogP contribution in [-0.2, 0) is 6.54 Å². The Hall–Kier alpha value is -2.10. The molecule has 1 fully saturated rings. The third-order valence-corrected chi connectivity index (χ3v) is 4.45. The molecule has 4 rings (SSSR count). The molecule has 2 aromatic rings. The van der Waals surface area contributed by atoms with E-state index in [-0.39, 0.29) is 5.56 Å². The molecule has 4 heteroatoms. The summed E-state index contributed by atoms with van der Waals surface area (Å²) in [5, 5.41) is 0. The quantitative estimate of drug-likeness (QED) is 0.791. The van der Waals surface area contributed by atoms with Crippen molar-refractivity contribution in [3.8, 4) is 0 Å². The van der Waals surface area contributed by atoms with Gasteiger partial charge in [0.1, 0.15) is 5.82 Å². The van der Waals surface area contributed by atoms with Gasteiger partial charge in [-0.1, -0.05) is 12.1 Å². The van der Waals surface area contributed by atoms with Crippen LogP contribution in [0.5, 0.6) is 0 Å². The minimum atomic E-state index is 0.142. The van der Waals surface area contributed by atoms with Crippen molar-refractivity contribution in [2.24, 2.45) is 5.92 Å². The van der Waals surface area contributed by atoms with Crippen molar-refractivity contribution >= 4 is 5.82 Å². The summed E-state index contributed by atoms with van der Waals surface area (Å²) in [5.41, 5.74) is 1.33. The van der Waals surface area contributed by atoms with Crippen LogP contribution in [-0.4, -0.2) is 22.6 Å². The van der Waals surface area contributed by atoms with Gasteiger partial charge in [0.2, 0.25) is 0 Å². The van der Waals surface area contributed by atoms with E-state index in [2.05, 4.69) is 22.0 Å². The highest BCUT2D eigenvalue weighted by Gasteiger charge is 2.34. The second-order valence-electron chi connectivity index (χ2n) is 5.79. The summed E-state index contributed by atoms with van der Waals surface area (Å²) in [6.07, 6.45) is 3.03. The van der Waals surface area contributed by atoms with Gasteiger partial charge < -0.3 is 9.47 Å². The minimum absolute atomic E-state index is 0.142. The van der Waals surface area contributed by atoms with E-state index in [1.807, 2.05) is 29.0 Å². The molecule has 102 valence electrons. The lowest BCUT2D eigenvalue weighted by Crippen LogP contribution is -2.47. The summed E-state index contributed by atoms with van der Waals surface area (Å²) < 4.78 is 1.97. The molecule has 20 heavy (non-hydrogen) atoms. The molecule has 2 aliphatic rings. The van der Waals surface area contributed by atoms with Crippen LogP contribution >= 0.6 is 0 Å². The van der Waals surface area contributed by atoms with Crippen molar-refractivity contribution in [1.82, 2.24) is 9.55 Å². The highest BCUT2D eigenvalue weighted by molar-refractivity contribution is 5.40. The first kappa shape index (κ1) is 11.7. The molecule has 0 spiro atoms. The van der Waals surface area contributed by atoms with Crippen LogP contribution in [0.2, 0.25) is 0 Å². The van der Waals surface area contributed by atoms with E-state index in [1.54, 1.807) is 6.07 Å². The molecule has 0 amide bonds. The molecule has 0 saturated carbocycles. The number of rotatable bonds is 1. The second kappa shape index (κ2) is 4.47. The summed E-state index contributed by atoms with van der Waals surface area (Å²) in [5.74, 6) is 2.04. The Morgan fingerprint density at radius 3 is 2.85 bits per heavy atom. The van der Waals surface area contributed by atoms with Crippen LogP contribution in [0.15, 0.2) is 47.4 Å². The van der Waals surface area contributed by atoms with Crippen molar-refractivity contribution in [1.29, 1.82) is 0 Å². The molecular formula is C16H17N3O. The van der Waals surface area contributed by atoms with Crippen molar-refractivity contribution in [2.75, 3.05) is 18.0 Å². The molecule has 1 saturated heterocycles. The van der Waals surface area contributed by atoms with Gasteiger partial charge in [-0.25, -0.2) is 4.98 Å². The molecule has 4 nitrogen and oxygen atoms in total. The molecule has 0 radical (unpaired) electrons. The zero-order chi connectivity index (χ0) is 13.5. The number of piperidine rings is 1. The van der Waals surface area contributed by atoms with Crippen LogP contribution < -0.4 is 10.5 Å². The van der Waals surface area contributed by atoms with Gasteiger partial charge in [-0.15, -0.1) is 0 Å². The van der Waals surface area contributed by atoms with E-state index in [1.165, 1.54) is 12.1 Å². The highest BCUT2D eigenvalue weighted by atomic mass is 16.1. The molecular weight excluding hydrogens is 250 g/mol. The summed E-state index contributed by atoms with van der Waals surface area (Å²) in [7, 11) is 0. The molecule has 4 heterocycles. The van der Waals surface area contributed by atoms with E-state index < -0.39 is 0 Å². The Morgan fingerprint density at radius 2 is 2.00 bits per heavy atom. The zero-order valence-electron chi connectivity index (χ0n) is 11.3. The predicted octanol–water partition coefficient (Wildman–Crippen LogP) is 1.87. The molecule has 2 atom stereocenters. The highest BCUT2D eigenvalue weighted by Crippen LogP contribution is 2.36. The first-order valence-electron chi connectivity index (χ1n) is 7.17. The Balaban J connectivity index is 1.70. The zero-order valence-corrected chi connectivity index (χ0v) is 11.3. The largest absolute Gasteiger partial charge is 0.356 e. The molecule has 0 N–H and O–H groups in total. The first-order chi connectivity index (χ1) is 9.81. The van der Waals surface area contributed by atoms with Crippen LogP contribution in [0.25, 0.3) is 0 Å². The van der Waals surface area contributed by atoms with E-state index in [4.69, 9.17) is 0 Å². The molecule has 2 bridgehead atoms. The fourth-order valence-electron chi connectivity index (χ4n) is 3.62. The standard InChI is InChI=1S/C16H17N3O/c20-16-6-3-4-14-13-8-12(10-19(14)16)9-18(11-13)15-5-1-2-7-17-15/h1-7,12-13H,8-11H2/t12-,13+/m0/s1. The fourth-order valence-corrected chi connectivity index (χ4v) is 3.62. The summed E-state index contributed by atoms with van der Waals surface area (Å²) in [4.78, 5) is 18.8. The van der Waals surface area contributed by atoms with Crippen LogP contribution in [0.1, 0.15) is 18.0 Å². The Labute approximate surface area is 117 Å². The number of aromatic nitrogens is 2. The SMILES string of the molecule is O=c1cccc2n1C[C@H]1C[C@@H]2CN(c2ccccn2)C1. The van der Waals surface area contributed by atoms with Crippen LogP contribution in [0, 0.1) is 5.92 Å². The Kier molecular flexibility index (Phi) is 2.62. The summed E-state index contributed by atoms with van der Waals surface area (Å²) in [6.45, 7) is 2.79. The van der Waals surface area contributed by atoms with Gasteiger partial charge in [0.25, 0.3) is 5.56 Å². The molecule has 0 unspecified atom stereocenters. The topological polar surface area (TPSA) is 38.1 Å². The Bertz CT molecular complexity index is 680. The van der Waals surface area contributed by atoms with E-state index in [9.17, 15) is 4.79 Å². The smallest absolute Gasteiger partial charge is 0.250 e. The first-order valence-corrected chi connectivity index (χ1v) is 7.17. The van der Waals surface area contributed by atoms with Gasteiger partial charge in [-0.05, 0) is 30.5 Å². The van der Waals surface area contributed by atoms with Crippen molar-refractivity contribution < 1.29 is 0 Å². The fraction of sp³-hybridized carbons (Fsp3) is 0.375. The molecule has 2 aromatic heterocycles. The molecule has 2 aliphatic heterocycles. The van der Waals surface area contributed by atoms with Gasteiger partial charge >= 0.3 is 0 Å².